The first-order chi connectivity index (χ1) is 12.9. The molecule has 0 saturated carbocycles. The van der Waals surface area contributed by atoms with Gasteiger partial charge in [-0.3, -0.25) is 10.1 Å². The number of aromatic nitrogens is 2. The summed E-state index contributed by atoms with van der Waals surface area (Å²) in [6, 6.07) is 13.8. The molecule has 2 aromatic carbocycles. The molecule has 7 nitrogen and oxygen atoms in total. The Balaban J connectivity index is 1.87. The molecule has 0 fully saturated rings. The molecule has 0 amide bonds. The van der Waals surface area contributed by atoms with E-state index in [1.54, 1.807) is 0 Å². The van der Waals surface area contributed by atoms with E-state index in [0.29, 0.717) is 6.54 Å². The van der Waals surface area contributed by atoms with Crippen LogP contribution in [0, 0.1) is 30.9 Å². The zero-order valence-electron chi connectivity index (χ0n) is 15.5. The quantitative estimate of drug-likeness (QED) is 0.488. The Hall–Kier alpha value is -3.48. The van der Waals surface area contributed by atoms with Crippen molar-refractivity contribution in [2.75, 3.05) is 10.6 Å². The Bertz CT molecular complexity index is 971. The lowest BCUT2D eigenvalue weighted by atomic mass is 10.1. The highest BCUT2D eigenvalue weighted by Gasteiger charge is 2.23. The Kier molecular flexibility index (Phi) is 5.30. The van der Waals surface area contributed by atoms with E-state index >= 15 is 0 Å². The maximum atomic E-state index is 11.7. The minimum Gasteiger partial charge on any atom is -0.360 e. The van der Waals surface area contributed by atoms with Crippen LogP contribution in [0.3, 0.4) is 0 Å². The lowest BCUT2D eigenvalue weighted by molar-refractivity contribution is -0.383. The Morgan fingerprint density at radius 1 is 0.963 bits per heavy atom. The van der Waals surface area contributed by atoms with Crippen LogP contribution >= 0.6 is 0 Å². The fourth-order valence-electron chi connectivity index (χ4n) is 2.75. The first kappa shape index (κ1) is 18.3. The number of nitro groups is 1. The molecular formula is C20H21N5O2. The summed E-state index contributed by atoms with van der Waals surface area (Å²) in [5, 5.41) is 17.8. The molecule has 0 unspecified atom stereocenters. The van der Waals surface area contributed by atoms with Gasteiger partial charge in [-0.2, -0.15) is 0 Å². The monoisotopic (exact) mass is 363 g/mol. The van der Waals surface area contributed by atoms with Gasteiger partial charge >= 0.3 is 5.69 Å². The maximum absolute atomic E-state index is 11.7. The van der Waals surface area contributed by atoms with Crippen LogP contribution in [-0.2, 0) is 6.54 Å². The van der Waals surface area contributed by atoms with Crippen LogP contribution in [0.25, 0.3) is 0 Å². The summed E-state index contributed by atoms with van der Waals surface area (Å²) in [5.41, 5.74) is 4.87. The van der Waals surface area contributed by atoms with E-state index in [2.05, 4.69) is 20.6 Å². The van der Waals surface area contributed by atoms with Gasteiger partial charge in [0.25, 0.3) is 0 Å². The average molecular weight is 363 g/mol. The van der Waals surface area contributed by atoms with Crippen LogP contribution in [-0.4, -0.2) is 14.9 Å². The maximum Gasteiger partial charge on any atom is 0.353 e. The van der Waals surface area contributed by atoms with Gasteiger partial charge in [-0.15, -0.1) is 0 Å². The number of rotatable bonds is 6. The van der Waals surface area contributed by atoms with Crippen molar-refractivity contribution in [2.24, 2.45) is 0 Å². The zero-order chi connectivity index (χ0) is 19.4. The summed E-state index contributed by atoms with van der Waals surface area (Å²) in [7, 11) is 0. The number of nitrogens with zero attached hydrogens (tertiary/aromatic N) is 3. The highest BCUT2D eigenvalue weighted by Crippen LogP contribution is 2.32. The third-order valence-electron chi connectivity index (χ3n) is 4.22. The predicted octanol–water partition coefficient (Wildman–Crippen LogP) is 4.67. The second-order valence-corrected chi connectivity index (χ2v) is 6.46. The summed E-state index contributed by atoms with van der Waals surface area (Å²) >= 11 is 0. The summed E-state index contributed by atoms with van der Waals surface area (Å²) < 4.78 is 0. The summed E-state index contributed by atoms with van der Waals surface area (Å²) in [6.45, 7) is 6.38. The van der Waals surface area contributed by atoms with Crippen molar-refractivity contribution in [1.82, 2.24) is 9.97 Å². The average Bonchev–Trinajstić information content (AvgIpc) is 2.63. The van der Waals surface area contributed by atoms with E-state index in [9.17, 15) is 10.1 Å². The topological polar surface area (TPSA) is 93.0 Å². The lowest BCUT2D eigenvalue weighted by Gasteiger charge is -2.12. The lowest BCUT2D eigenvalue weighted by Crippen LogP contribution is -2.08. The van der Waals surface area contributed by atoms with Gasteiger partial charge in [-0.05, 0) is 38.0 Å². The van der Waals surface area contributed by atoms with Crippen molar-refractivity contribution < 1.29 is 4.92 Å². The smallest absolute Gasteiger partial charge is 0.353 e. The van der Waals surface area contributed by atoms with Crippen LogP contribution in [0.1, 0.15) is 22.3 Å². The standard InChI is InChI=1S/C20H21N5O2/c1-13-4-7-16(8-5-13)11-21-19-18(25(26)27)20(23-12-22-19)24-17-9-6-14(2)10-15(17)3/h4-10,12H,11H2,1-3H3,(H2,21,22,23,24). The SMILES string of the molecule is Cc1ccc(CNc2ncnc(Nc3ccc(C)cc3C)c2[N+](=O)[O-])cc1. The fourth-order valence-corrected chi connectivity index (χ4v) is 2.75. The molecule has 0 radical (unpaired) electrons. The van der Waals surface area contributed by atoms with Crippen molar-refractivity contribution >= 4 is 23.0 Å². The van der Waals surface area contributed by atoms with E-state index in [4.69, 9.17) is 0 Å². The molecule has 0 aliphatic rings. The predicted molar refractivity (Wildman–Crippen MR) is 106 cm³/mol. The normalized spacial score (nSPS) is 10.5. The van der Waals surface area contributed by atoms with Gasteiger partial charge < -0.3 is 10.6 Å². The molecule has 3 rings (SSSR count). The number of hydrogen-bond acceptors (Lipinski definition) is 6. The van der Waals surface area contributed by atoms with Gasteiger partial charge in [0.1, 0.15) is 6.33 Å². The van der Waals surface area contributed by atoms with Crippen LogP contribution in [0.2, 0.25) is 0 Å². The molecule has 0 atom stereocenters. The van der Waals surface area contributed by atoms with Crippen LogP contribution in [0.15, 0.2) is 48.8 Å². The van der Waals surface area contributed by atoms with Gasteiger partial charge in [0.2, 0.25) is 11.6 Å². The van der Waals surface area contributed by atoms with Crippen LogP contribution < -0.4 is 10.6 Å². The Labute approximate surface area is 157 Å². The molecule has 27 heavy (non-hydrogen) atoms. The number of aryl methyl sites for hydroxylation is 3. The number of nitrogens with one attached hydrogen (secondary N) is 2. The molecular weight excluding hydrogens is 342 g/mol. The highest BCUT2D eigenvalue weighted by atomic mass is 16.6. The minimum absolute atomic E-state index is 0.161. The van der Waals surface area contributed by atoms with Crippen LogP contribution in [0.4, 0.5) is 23.0 Å². The molecule has 7 heteroatoms. The molecule has 0 aliphatic carbocycles. The second-order valence-electron chi connectivity index (χ2n) is 6.46. The van der Waals surface area contributed by atoms with Crippen molar-refractivity contribution in [1.29, 1.82) is 0 Å². The fraction of sp³-hybridized carbons (Fsp3) is 0.200. The van der Waals surface area contributed by atoms with E-state index < -0.39 is 4.92 Å². The molecule has 0 spiro atoms. The van der Waals surface area contributed by atoms with Crippen molar-refractivity contribution in [3.63, 3.8) is 0 Å². The molecule has 3 aromatic rings. The highest BCUT2D eigenvalue weighted by molar-refractivity contribution is 5.74. The molecule has 0 aliphatic heterocycles. The van der Waals surface area contributed by atoms with E-state index in [1.165, 1.54) is 6.33 Å². The third kappa shape index (κ3) is 4.38. The van der Waals surface area contributed by atoms with Gasteiger partial charge in [0.15, 0.2) is 0 Å². The van der Waals surface area contributed by atoms with Gasteiger partial charge in [-0.1, -0.05) is 47.5 Å². The van der Waals surface area contributed by atoms with Gasteiger partial charge in [0.05, 0.1) is 4.92 Å². The molecule has 138 valence electrons. The molecule has 0 bridgehead atoms. The number of hydrogen-bond donors (Lipinski definition) is 2. The first-order valence-electron chi connectivity index (χ1n) is 8.57. The minimum atomic E-state index is -0.469. The zero-order valence-corrected chi connectivity index (χ0v) is 15.5. The summed E-state index contributed by atoms with van der Waals surface area (Å²) in [5.74, 6) is 0.344. The van der Waals surface area contributed by atoms with E-state index in [-0.39, 0.29) is 17.3 Å². The van der Waals surface area contributed by atoms with Gasteiger partial charge in [0, 0.05) is 12.2 Å². The molecule has 1 aromatic heterocycles. The number of anilines is 3. The Morgan fingerprint density at radius 3 is 2.30 bits per heavy atom. The summed E-state index contributed by atoms with van der Waals surface area (Å²) in [6.07, 6.45) is 1.32. The van der Waals surface area contributed by atoms with Crippen molar-refractivity contribution in [2.45, 2.75) is 27.3 Å². The summed E-state index contributed by atoms with van der Waals surface area (Å²) in [4.78, 5) is 19.4. The third-order valence-corrected chi connectivity index (χ3v) is 4.22. The molecule has 1 heterocycles. The number of benzene rings is 2. The second kappa shape index (κ2) is 7.82. The van der Waals surface area contributed by atoms with Crippen LogP contribution in [0.5, 0.6) is 0 Å². The Morgan fingerprint density at radius 2 is 1.63 bits per heavy atom. The largest absolute Gasteiger partial charge is 0.360 e. The first-order valence-corrected chi connectivity index (χ1v) is 8.57. The van der Waals surface area contributed by atoms with Crippen molar-refractivity contribution in [3.05, 3.63) is 81.2 Å². The molecule has 0 saturated heterocycles. The molecule has 2 N–H and O–H groups in total. The van der Waals surface area contributed by atoms with E-state index in [0.717, 1.165) is 27.9 Å². The van der Waals surface area contributed by atoms with Gasteiger partial charge in [-0.25, -0.2) is 9.97 Å². The van der Waals surface area contributed by atoms with Crippen molar-refractivity contribution in [3.8, 4) is 0 Å². The van der Waals surface area contributed by atoms with E-state index in [1.807, 2.05) is 63.2 Å².